The second-order valence-electron chi connectivity index (χ2n) is 6.35. The van der Waals surface area contributed by atoms with Gasteiger partial charge in [-0.3, -0.25) is 9.59 Å². The molecule has 0 bridgehead atoms. The number of rotatable bonds is 10. The Labute approximate surface area is 174 Å². The average molecular weight is 384 g/mol. The van der Waals surface area contributed by atoms with Crippen molar-refractivity contribution in [2.45, 2.75) is 52.6 Å². The van der Waals surface area contributed by atoms with Crippen molar-refractivity contribution in [3.63, 3.8) is 0 Å². The zero-order chi connectivity index (χ0) is 19.8. The van der Waals surface area contributed by atoms with Crippen molar-refractivity contribution in [1.82, 2.24) is 5.48 Å². The van der Waals surface area contributed by atoms with Gasteiger partial charge in [-0.25, -0.2) is 9.59 Å². The quantitative estimate of drug-likeness (QED) is 0.175. The predicted octanol–water partition coefficient (Wildman–Crippen LogP) is -1.37. The van der Waals surface area contributed by atoms with E-state index in [2.05, 4.69) is 4.84 Å². The number of nitrogens with two attached hydrogens (primary N) is 3. The van der Waals surface area contributed by atoms with Crippen molar-refractivity contribution in [3.05, 3.63) is 0 Å². The molecule has 0 aliphatic carbocycles. The number of amides is 4. The van der Waals surface area contributed by atoms with Crippen LogP contribution in [0.5, 0.6) is 0 Å². The van der Waals surface area contributed by atoms with Crippen LogP contribution in [0.4, 0.5) is 4.79 Å². The minimum absolute atomic E-state index is 0. The zero-order valence-electron chi connectivity index (χ0n) is 14.8. The molecule has 26 heavy (non-hydrogen) atoms. The van der Waals surface area contributed by atoms with Gasteiger partial charge in [0.15, 0.2) is 0 Å². The number of urea groups is 1. The standard InChI is InChI=1S/C15H28N4O6.Na.H/c1-4-6-15(7-5-9(20)8(2)3,10(11(16)21)12(17)22)13(23)25-19-14(18)24;;/h8-10,20H,4-7H2,1-3H3,(H2,16,21)(H2,17,22)(H3,18,19,24);;. The van der Waals surface area contributed by atoms with E-state index < -0.39 is 41.3 Å². The predicted molar refractivity (Wildman–Crippen MR) is 95.3 cm³/mol. The molecule has 2 atom stereocenters. The van der Waals surface area contributed by atoms with Gasteiger partial charge in [0, 0.05) is 0 Å². The van der Waals surface area contributed by atoms with Crippen molar-refractivity contribution in [2.75, 3.05) is 0 Å². The van der Waals surface area contributed by atoms with Crippen molar-refractivity contribution in [3.8, 4) is 0 Å². The molecule has 0 aromatic carbocycles. The van der Waals surface area contributed by atoms with Crippen molar-refractivity contribution in [2.24, 2.45) is 34.5 Å². The fraction of sp³-hybridized carbons (Fsp3) is 0.733. The fourth-order valence-electron chi connectivity index (χ4n) is 2.80. The molecule has 11 heteroatoms. The average Bonchev–Trinajstić information content (AvgIpc) is 2.48. The van der Waals surface area contributed by atoms with E-state index in [1.165, 1.54) is 0 Å². The summed E-state index contributed by atoms with van der Waals surface area (Å²) in [5, 5.41) is 10.0. The van der Waals surface area contributed by atoms with Crippen molar-refractivity contribution >= 4 is 53.4 Å². The molecule has 2 unspecified atom stereocenters. The third kappa shape index (κ3) is 7.48. The van der Waals surface area contributed by atoms with Gasteiger partial charge in [-0.2, -0.15) is 5.48 Å². The second-order valence-corrected chi connectivity index (χ2v) is 6.35. The Morgan fingerprint density at radius 1 is 1.08 bits per heavy atom. The molecule has 0 fully saturated rings. The van der Waals surface area contributed by atoms with Gasteiger partial charge < -0.3 is 27.1 Å². The van der Waals surface area contributed by atoms with E-state index in [0.717, 1.165) is 0 Å². The van der Waals surface area contributed by atoms with Crippen molar-refractivity contribution in [1.29, 1.82) is 0 Å². The fourth-order valence-corrected chi connectivity index (χ4v) is 2.80. The van der Waals surface area contributed by atoms with E-state index in [-0.39, 0.29) is 54.7 Å². The Morgan fingerprint density at radius 3 is 1.92 bits per heavy atom. The third-order valence-corrected chi connectivity index (χ3v) is 4.12. The molecule has 146 valence electrons. The molecule has 0 rings (SSSR count). The molecule has 0 saturated carbocycles. The Morgan fingerprint density at radius 2 is 1.58 bits per heavy atom. The summed E-state index contributed by atoms with van der Waals surface area (Å²) < 4.78 is 0. The van der Waals surface area contributed by atoms with Crippen LogP contribution >= 0.6 is 0 Å². The van der Waals surface area contributed by atoms with Crippen LogP contribution in [0, 0.1) is 17.3 Å². The van der Waals surface area contributed by atoms with E-state index in [9.17, 15) is 24.3 Å². The summed E-state index contributed by atoms with van der Waals surface area (Å²) >= 11 is 0. The van der Waals surface area contributed by atoms with Crippen LogP contribution in [0.15, 0.2) is 0 Å². The van der Waals surface area contributed by atoms with Gasteiger partial charge in [0.05, 0.1) is 11.5 Å². The topological polar surface area (TPSA) is 188 Å². The van der Waals surface area contributed by atoms with Gasteiger partial charge >= 0.3 is 41.6 Å². The zero-order valence-corrected chi connectivity index (χ0v) is 14.8. The van der Waals surface area contributed by atoms with Crippen LogP contribution in [0.25, 0.3) is 0 Å². The van der Waals surface area contributed by atoms with E-state index in [4.69, 9.17) is 17.2 Å². The first-order chi connectivity index (χ1) is 11.5. The Balaban J connectivity index is 0. The molecule has 0 aliphatic heterocycles. The normalized spacial score (nSPS) is 14.1. The van der Waals surface area contributed by atoms with Gasteiger partial charge in [0.1, 0.15) is 5.92 Å². The SMILES string of the molecule is CCCC(CCC(O)C(C)C)(C(=O)ONC(N)=O)C(C(N)=O)C(N)=O.[NaH]. The first-order valence-electron chi connectivity index (χ1n) is 8.03. The van der Waals surface area contributed by atoms with Crippen molar-refractivity contribution < 1.29 is 29.1 Å². The first kappa shape index (κ1) is 26.9. The maximum absolute atomic E-state index is 12.6. The molecule has 0 spiro atoms. The van der Waals surface area contributed by atoms with Crippen LogP contribution in [0.3, 0.4) is 0 Å². The number of carbonyl (C=O) groups excluding carboxylic acids is 4. The summed E-state index contributed by atoms with van der Waals surface area (Å²) in [6.45, 7) is 5.28. The van der Waals surface area contributed by atoms with E-state index >= 15 is 0 Å². The number of primary amides is 3. The van der Waals surface area contributed by atoms with E-state index in [1.807, 2.05) is 0 Å². The maximum atomic E-state index is 12.6. The first-order valence-corrected chi connectivity index (χ1v) is 8.03. The molecule has 10 nitrogen and oxygen atoms in total. The summed E-state index contributed by atoms with van der Waals surface area (Å²) in [5.41, 5.74) is 15.4. The van der Waals surface area contributed by atoms with Crippen LogP contribution in [0.1, 0.15) is 46.5 Å². The molecule has 4 amide bonds. The summed E-state index contributed by atoms with van der Waals surface area (Å²) in [6, 6.07) is -1.13. The Hall–Kier alpha value is -1.36. The number of hydrogen-bond acceptors (Lipinski definition) is 6. The summed E-state index contributed by atoms with van der Waals surface area (Å²) in [6.07, 6.45) is -0.348. The number of hydrogen-bond donors (Lipinski definition) is 5. The second kappa shape index (κ2) is 12.1. The summed E-state index contributed by atoms with van der Waals surface area (Å²) in [4.78, 5) is 51.7. The van der Waals surface area contributed by atoms with Crippen LogP contribution in [0.2, 0.25) is 0 Å². The third-order valence-electron chi connectivity index (χ3n) is 4.12. The van der Waals surface area contributed by atoms with Gasteiger partial charge in [0.2, 0.25) is 11.8 Å². The molecule has 8 N–H and O–H groups in total. The van der Waals surface area contributed by atoms with Crippen LogP contribution < -0.4 is 22.7 Å². The van der Waals surface area contributed by atoms with Gasteiger partial charge in [-0.05, 0) is 25.2 Å². The monoisotopic (exact) mass is 384 g/mol. The molecule has 0 aromatic heterocycles. The molecule has 0 aliphatic rings. The number of aliphatic hydroxyl groups is 1. The molecule has 0 radical (unpaired) electrons. The molecular formula is C15H29N4NaO6. The molecule has 0 heterocycles. The van der Waals surface area contributed by atoms with E-state index in [1.54, 1.807) is 26.3 Å². The number of aliphatic hydroxyl groups excluding tert-OH is 1. The summed E-state index contributed by atoms with van der Waals surface area (Å²) in [5.74, 6) is -5.01. The molecule has 0 aromatic rings. The Kier molecular flexibility index (Phi) is 12.5. The number of hydroxylamine groups is 1. The number of nitrogens with one attached hydrogen (secondary N) is 1. The van der Waals surface area contributed by atoms with Gasteiger partial charge in [0.25, 0.3) is 0 Å². The van der Waals surface area contributed by atoms with E-state index in [0.29, 0.717) is 6.42 Å². The van der Waals surface area contributed by atoms with Gasteiger partial charge in [-0.15, -0.1) is 0 Å². The number of carbonyl (C=O) groups is 4. The minimum atomic E-state index is -1.72. The van der Waals surface area contributed by atoms with Crippen LogP contribution in [-0.2, 0) is 19.2 Å². The summed E-state index contributed by atoms with van der Waals surface area (Å²) in [7, 11) is 0. The Bertz CT molecular complexity index is 502. The van der Waals surface area contributed by atoms with Crippen LogP contribution in [-0.4, -0.2) is 64.6 Å². The van der Waals surface area contributed by atoms with Gasteiger partial charge in [-0.1, -0.05) is 27.2 Å². The molecule has 0 saturated heterocycles. The molecular weight excluding hydrogens is 355 g/mol.